The first kappa shape index (κ1) is 18.0. The zero-order valence-corrected chi connectivity index (χ0v) is 16.5. The Bertz CT molecular complexity index is 1010. The van der Waals surface area contributed by atoms with Gasteiger partial charge in [-0.25, -0.2) is 4.79 Å². The first-order valence-electron chi connectivity index (χ1n) is 10.3. The van der Waals surface area contributed by atoms with E-state index in [2.05, 4.69) is 46.9 Å². The Morgan fingerprint density at radius 2 is 1.62 bits per heavy atom. The average Bonchev–Trinajstić information content (AvgIpc) is 3.67. The van der Waals surface area contributed by atoms with Crippen molar-refractivity contribution in [3.63, 3.8) is 0 Å². The van der Waals surface area contributed by atoms with Crippen LogP contribution in [0.2, 0.25) is 0 Å². The number of carbonyl (C=O) groups is 1. The molecule has 0 atom stereocenters. The van der Waals surface area contributed by atoms with Gasteiger partial charge in [-0.3, -0.25) is 5.32 Å². The standard InChI is InChI=1S/C24H24N2O3/c1-15-22(25-24(27)28-14-16-2-3-16)23(26-29-15)21-12-10-20(11-13-21)19-8-6-18(7-9-19)17-4-5-17/h6-13,16-17H,2-5,14H2,1H3,(H,25,27). The second-order valence-corrected chi connectivity index (χ2v) is 8.10. The summed E-state index contributed by atoms with van der Waals surface area (Å²) in [5, 5.41) is 6.93. The third-order valence-electron chi connectivity index (χ3n) is 5.69. The van der Waals surface area contributed by atoms with Crippen LogP contribution in [0.5, 0.6) is 0 Å². The van der Waals surface area contributed by atoms with Crippen LogP contribution in [0.3, 0.4) is 0 Å². The molecule has 5 rings (SSSR count). The number of hydrogen-bond acceptors (Lipinski definition) is 4. The highest BCUT2D eigenvalue weighted by atomic mass is 16.5. The summed E-state index contributed by atoms with van der Waals surface area (Å²) in [4.78, 5) is 12.1. The fraction of sp³-hybridized carbons (Fsp3) is 0.333. The highest BCUT2D eigenvalue weighted by molar-refractivity contribution is 5.91. The Hall–Kier alpha value is -3.08. The molecule has 29 heavy (non-hydrogen) atoms. The van der Waals surface area contributed by atoms with Gasteiger partial charge in [-0.05, 0) is 61.1 Å². The summed E-state index contributed by atoms with van der Waals surface area (Å²) in [5.74, 6) is 1.85. The summed E-state index contributed by atoms with van der Waals surface area (Å²) in [7, 11) is 0. The summed E-state index contributed by atoms with van der Waals surface area (Å²) < 4.78 is 10.6. The van der Waals surface area contributed by atoms with Crippen molar-refractivity contribution in [2.75, 3.05) is 11.9 Å². The summed E-state index contributed by atoms with van der Waals surface area (Å²) in [6.45, 7) is 2.25. The summed E-state index contributed by atoms with van der Waals surface area (Å²) in [6, 6.07) is 17.0. The highest BCUT2D eigenvalue weighted by Gasteiger charge is 2.24. The second-order valence-electron chi connectivity index (χ2n) is 8.10. The van der Waals surface area contributed by atoms with E-state index in [0.717, 1.165) is 29.9 Å². The Balaban J connectivity index is 1.32. The van der Waals surface area contributed by atoms with Crippen LogP contribution in [-0.2, 0) is 4.74 Å². The van der Waals surface area contributed by atoms with E-state index in [4.69, 9.17) is 9.26 Å². The van der Waals surface area contributed by atoms with Crippen molar-refractivity contribution in [1.29, 1.82) is 0 Å². The van der Waals surface area contributed by atoms with E-state index in [9.17, 15) is 4.79 Å². The zero-order valence-electron chi connectivity index (χ0n) is 16.5. The lowest BCUT2D eigenvalue weighted by atomic mass is 10.00. The number of aromatic nitrogens is 1. The molecule has 0 radical (unpaired) electrons. The topological polar surface area (TPSA) is 64.4 Å². The van der Waals surface area contributed by atoms with Crippen LogP contribution in [0.4, 0.5) is 10.5 Å². The quantitative estimate of drug-likeness (QED) is 0.550. The fourth-order valence-corrected chi connectivity index (χ4v) is 3.52. The lowest BCUT2D eigenvalue weighted by Gasteiger charge is -2.08. The maximum atomic E-state index is 12.1. The smallest absolute Gasteiger partial charge is 0.411 e. The number of ether oxygens (including phenoxy) is 1. The van der Waals surface area contributed by atoms with Gasteiger partial charge in [0.15, 0.2) is 5.76 Å². The minimum Gasteiger partial charge on any atom is -0.449 e. The van der Waals surface area contributed by atoms with E-state index in [0.29, 0.717) is 29.7 Å². The maximum absolute atomic E-state index is 12.1. The molecule has 2 aromatic carbocycles. The molecule has 1 N–H and O–H groups in total. The largest absolute Gasteiger partial charge is 0.449 e. The molecule has 0 bridgehead atoms. The van der Waals surface area contributed by atoms with Crippen molar-refractivity contribution >= 4 is 11.8 Å². The molecule has 1 heterocycles. The number of hydrogen-bond donors (Lipinski definition) is 1. The number of amides is 1. The fourth-order valence-electron chi connectivity index (χ4n) is 3.52. The SMILES string of the molecule is Cc1onc(-c2ccc(-c3ccc(C4CC4)cc3)cc2)c1NC(=O)OCC1CC1. The second kappa shape index (κ2) is 7.39. The Morgan fingerprint density at radius 1 is 1.00 bits per heavy atom. The number of benzene rings is 2. The van der Waals surface area contributed by atoms with Gasteiger partial charge >= 0.3 is 6.09 Å². The Labute approximate surface area is 170 Å². The number of nitrogens with zero attached hydrogens (tertiary/aromatic N) is 1. The van der Waals surface area contributed by atoms with Gasteiger partial charge in [0.25, 0.3) is 0 Å². The molecule has 3 aromatic rings. The van der Waals surface area contributed by atoms with E-state index in [1.165, 1.54) is 24.0 Å². The molecule has 0 aliphatic heterocycles. The van der Waals surface area contributed by atoms with E-state index in [-0.39, 0.29) is 0 Å². The molecule has 2 fully saturated rings. The van der Waals surface area contributed by atoms with Crippen LogP contribution in [-0.4, -0.2) is 17.9 Å². The predicted molar refractivity (Wildman–Crippen MR) is 112 cm³/mol. The number of carbonyl (C=O) groups excluding carboxylic acids is 1. The molecule has 1 aromatic heterocycles. The van der Waals surface area contributed by atoms with E-state index in [1.807, 2.05) is 12.1 Å². The minimum atomic E-state index is -0.461. The molecule has 148 valence electrons. The molecule has 2 aliphatic rings. The molecule has 0 unspecified atom stereocenters. The van der Waals surface area contributed by atoms with E-state index < -0.39 is 6.09 Å². The predicted octanol–water partition coefficient (Wildman–Crippen LogP) is 6.15. The van der Waals surface area contributed by atoms with Crippen LogP contribution in [0.15, 0.2) is 53.1 Å². The highest BCUT2D eigenvalue weighted by Crippen LogP contribution is 2.40. The van der Waals surface area contributed by atoms with Crippen LogP contribution < -0.4 is 5.32 Å². The molecule has 2 aliphatic carbocycles. The van der Waals surface area contributed by atoms with Gasteiger partial charge in [-0.1, -0.05) is 53.7 Å². The third-order valence-corrected chi connectivity index (χ3v) is 5.69. The molecular weight excluding hydrogens is 364 g/mol. The average molecular weight is 388 g/mol. The van der Waals surface area contributed by atoms with Crippen LogP contribution in [0.1, 0.15) is 42.9 Å². The number of anilines is 1. The van der Waals surface area contributed by atoms with E-state index in [1.54, 1.807) is 6.92 Å². The van der Waals surface area contributed by atoms with Crippen LogP contribution in [0.25, 0.3) is 22.4 Å². The molecule has 2 saturated carbocycles. The Morgan fingerprint density at radius 3 is 2.24 bits per heavy atom. The normalized spacial score (nSPS) is 15.9. The van der Waals surface area contributed by atoms with Crippen molar-refractivity contribution in [3.05, 3.63) is 59.9 Å². The molecule has 0 saturated heterocycles. The molecule has 1 amide bonds. The van der Waals surface area contributed by atoms with Crippen molar-refractivity contribution < 1.29 is 14.1 Å². The monoisotopic (exact) mass is 388 g/mol. The van der Waals surface area contributed by atoms with Crippen LogP contribution in [0, 0.1) is 12.8 Å². The van der Waals surface area contributed by atoms with Gasteiger partial charge in [0.2, 0.25) is 0 Å². The Kier molecular flexibility index (Phi) is 4.58. The molecule has 5 nitrogen and oxygen atoms in total. The van der Waals surface area contributed by atoms with Gasteiger partial charge in [0, 0.05) is 5.56 Å². The number of nitrogens with one attached hydrogen (secondary N) is 1. The maximum Gasteiger partial charge on any atom is 0.411 e. The van der Waals surface area contributed by atoms with Gasteiger partial charge in [-0.15, -0.1) is 0 Å². The lowest BCUT2D eigenvalue weighted by Crippen LogP contribution is -2.15. The summed E-state index contributed by atoms with van der Waals surface area (Å²) in [6.07, 6.45) is 4.45. The molecule has 0 spiro atoms. The van der Waals surface area contributed by atoms with Gasteiger partial charge in [0.05, 0.1) is 6.61 Å². The first-order chi connectivity index (χ1) is 14.2. The van der Waals surface area contributed by atoms with Crippen molar-refractivity contribution in [2.45, 2.75) is 38.5 Å². The third kappa shape index (κ3) is 4.04. The van der Waals surface area contributed by atoms with Crippen molar-refractivity contribution in [2.24, 2.45) is 5.92 Å². The first-order valence-corrected chi connectivity index (χ1v) is 10.3. The van der Waals surface area contributed by atoms with Crippen molar-refractivity contribution in [3.8, 4) is 22.4 Å². The number of aryl methyl sites for hydroxylation is 1. The van der Waals surface area contributed by atoms with Gasteiger partial charge in [0.1, 0.15) is 11.4 Å². The van der Waals surface area contributed by atoms with Crippen LogP contribution >= 0.6 is 0 Å². The van der Waals surface area contributed by atoms with Gasteiger partial charge in [-0.2, -0.15) is 0 Å². The van der Waals surface area contributed by atoms with Crippen molar-refractivity contribution in [1.82, 2.24) is 5.16 Å². The molecule has 5 heteroatoms. The van der Waals surface area contributed by atoms with Gasteiger partial charge < -0.3 is 9.26 Å². The molecular formula is C24H24N2O3. The summed E-state index contributed by atoms with van der Waals surface area (Å²) in [5.41, 5.74) is 5.84. The minimum absolute atomic E-state index is 0.461. The lowest BCUT2D eigenvalue weighted by molar-refractivity contribution is 0.156. The van der Waals surface area contributed by atoms with E-state index >= 15 is 0 Å². The number of rotatable bonds is 6. The zero-order chi connectivity index (χ0) is 19.8. The summed E-state index contributed by atoms with van der Waals surface area (Å²) >= 11 is 0.